The lowest BCUT2D eigenvalue weighted by Crippen LogP contribution is -2.58. The molecule has 3 rings (SSSR count). The lowest BCUT2D eigenvalue weighted by Gasteiger charge is -2.43. The first-order valence-corrected chi connectivity index (χ1v) is 12.3. The van der Waals surface area contributed by atoms with E-state index in [0.29, 0.717) is 21.8 Å². The predicted molar refractivity (Wildman–Crippen MR) is 145 cm³/mol. The van der Waals surface area contributed by atoms with E-state index in [1.807, 2.05) is 58.0 Å². The third-order valence-corrected chi connectivity index (χ3v) is 6.09. The second-order valence-electron chi connectivity index (χ2n) is 9.21. The van der Waals surface area contributed by atoms with Crippen LogP contribution in [0.1, 0.15) is 55.3 Å². The number of nitrogens with zero attached hydrogens (tertiary/aromatic N) is 2. The van der Waals surface area contributed by atoms with E-state index in [1.54, 1.807) is 30.3 Å². The van der Waals surface area contributed by atoms with Gasteiger partial charge in [-0.15, -0.1) is 0 Å². The first kappa shape index (κ1) is 27.2. The monoisotopic (exact) mass is 525 g/mol. The van der Waals surface area contributed by atoms with Gasteiger partial charge in [0.05, 0.1) is 16.2 Å². The molecule has 0 heterocycles. The Morgan fingerprint density at radius 1 is 0.833 bits per heavy atom. The fourth-order valence-electron chi connectivity index (χ4n) is 3.94. The molecule has 188 valence electrons. The summed E-state index contributed by atoms with van der Waals surface area (Å²) in [5.74, 6) is -1.01. The summed E-state index contributed by atoms with van der Waals surface area (Å²) in [6.07, 6.45) is 0. The highest BCUT2D eigenvalue weighted by Gasteiger charge is 2.36. The number of benzene rings is 3. The molecule has 6 nitrogen and oxygen atoms in total. The average Bonchev–Trinajstić information content (AvgIpc) is 2.82. The Balaban J connectivity index is 2.06. The molecule has 0 fully saturated rings. The average molecular weight is 526 g/mol. The van der Waals surface area contributed by atoms with Crippen molar-refractivity contribution in [3.8, 4) is 11.1 Å². The molecule has 8 heteroatoms. The van der Waals surface area contributed by atoms with Crippen molar-refractivity contribution in [3.63, 3.8) is 0 Å². The molecule has 0 bridgehead atoms. The molecular weight excluding hydrogens is 497 g/mol. The Bertz CT molecular complexity index is 1300. The maximum atomic E-state index is 14.0. The van der Waals surface area contributed by atoms with E-state index in [4.69, 9.17) is 23.2 Å². The molecule has 0 saturated carbocycles. The van der Waals surface area contributed by atoms with Gasteiger partial charge in [-0.1, -0.05) is 59.6 Å². The number of carbonyl (C=O) groups is 3. The molecule has 0 unspecified atom stereocenters. The highest BCUT2D eigenvalue weighted by atomic mass is 35.5. The third-order valence-electron chi connectivity index (χ3n) is 5.45. The highest BCUT2D eigenvalue weighted by Crippen LogP contribution is 2.32. The van der Waals surface area contributed by atoms with Gasteiger partial charge in [-0.2, -0.15) is 0 Å². The van der Waals surface area contributed by atoms with Crippen molar-refractivity contribution < 1.29 is 14.4 Å². The van der Waals surface area contributed by atoms with Crippen molar-refractivity contribution in [2.45, 2.75) is 40.2 Å². The number of amides is 3. The van der Waals surface area contributed by atoms with Crippen molar-refractivity contribution in [3.05, 3.63) is 87.9 Å². The molecule has 1 N–H and O–H groups in total. The molecule has 0 saturated heterocycles. The SMILES string of the molecule is CCN(C(=O)c1ccccc1-c1ccccc1Cl)N(C(=O)c1ccc(NC(C)=O)c(Cl)c1)C(C)(C)C. The van der Waals surface area contributed by atoms with Gasteiger partial charge in [0.1, 0.15) is 0 Å². The molecule has 3 amide bonds. The van der Waals surface area contributed by atoms with Gasteiger partial charge in [-0.25, -0.2) is 10.0 Å². The molecule has 36 heavy (non-hydrogen) atoms. The first-order chi connectivity index (χ1) is 17.0. The Morgan fingerprint density at radius 3 is 2.00 bits per heavy atom. The van der Waals surface area contributed by atoms with Crippen LogP contribution in [-0.4, -0.2) is 39.8 Å². The van der Waals surface area contributed by atoms with E-state index >= 15 is 0 Å². The zero-order valence-electron chi connectivity index (χ0n) is 20.9. The summed E-state index contributed by atoms with van der Waals surface area (Å²) in [7, 11) is 0. The van der Waals surface area contributed by atoms with Gasteiger partial charge >= 0.3 is 0 Å². The van der Waals surface area contributed by atoms with Crippen LogP contribution < -0.4 is 5.32 Å². The van der Waals surface area contributed by atoms with Crippen LogP contribution in [-0.2, 0) is 4.79 Å². The van der Waals surface area contributed by atoms with Gasteiger partial charge in [0.15, 0.2) is 0 Å². The highest BCUT2D eigenvalue weighted by molar-refractivity contribution is 6.34. The van der Waals surface area contributed by atoms with E-state index in [1.165, 1.54) is 23.0 Å². The number of hydrazine groups is 1. The van der Waals surface area contributed by atoms with E-state index in [-0.39, 0.29) is 28.9 Å². The summed E-state index contributed by atoms with van der Waals surface area (Å²) in [5.41, 5.74) is 1.78. The lowest BCUT2D eigenvalue weighted by atomic mass is 9.98. The summed E-state index contributed by atoms with van der Waals surface area (Å²) in [6, 6.07) is 19.2. The van der Waals surface area contributed by atoms with E-state index < -0.39 is 11.4 Å². The molecule has 0 spiro atoms. The van der Waals surface area contributed by atoms with Gasteiger partial charge in [-0.3, -0.25) is 14.4 Å². The second-order valence-corrected chi connectivity index (χ2v) is 10.0. The number of nitrogens with one attached hydrogen (secondary N) is 1. The van der Waals surface area contributed by atoms with Crippen LogP contribution in [0.2, 0.25) is 10.0 Å². The predicted octanol–water partition coefficient (Wildman–Crippen LogP) is 6.94. The molecule has 0 aromatic heterocycles. The van der Waals surface area contributed by atoms with Crippen LogP contribution in [0.25, 0.3) is 11.1 Å². The largest absolute Gasteiger partial charge is 0.325 e. The number of carbonyl (C=O) groups excluding carboxylic acids is 3. The van der Waals surface area contributed by atoms with Crippen LogP contribution in [0.3, 0.4) is 0 Å². The Morgan fingerprint density at radius 2 is 1.44 bits per heavy atom. The fourth-order valence-corrected chi connectivity index (χ4v) is 4.40. The van der Waals surface area contributed by atoms with Crippen LogP contribution in [0.15, 0.2) is 66.7 Å². The number of anilines is 1. The zero-order valence-corrected chi connectivity index (χ0v) is 22.4. The van der Waals surface area contributed by atoms with Crippen molar-refractivity contribution in [2.75, 3.05) is 11.9 Å². The normalized spacial score (nSPS) is 11.1. The third kappa shape index (κ3) is 5.89. The summed E-state index contributed by atoms with van der Waals surface area (Å²) in [4.78, 5) is 39.2. The maximum Gasteiger partial charge on any atom is 0.273 e. The minimum atomic E-state index is -0.745. The second kappa shape index (κ2) is 11.1. The van der Waals surface area contributed by atoms with E-state index in [9.17, 15) is 14.4 Å². The maximum absolute atomic E-state index is 14.0. The smallest absolute Gasteiger partial charge is 0.273 e. The minimum absolute atomic E-state index is 0.225. The van der Waals surface area contributed by atoms with Crippen molar-refractivity contribution in [1.29, 1.82) is 0 Å². The van der Waals surface area contributed by atoms with Gasteiger partial charge in [0.2, 0.25) is 5.91 Å². The Hall–Kier alpha value is -3.35. The Labute approximate surface area is 221 Å². The summed E-state index contributed by atoms with van der Waals surface area (Å²) >= 11 is 12.8. The summed E-state index contributed by atoms with van der Waals surface area (Å²) in [6.45, 7) is 9.00. The molecular formula is C28H29Cl2N3O3. The number of halogens is 2. The van der Waals surface area contributed by atoms with Gasteiger partial charge in [0.25, 0.3) is 11.8 Å². The van der Waals surface area contributed by atoms with Crippen LogP contribution >= 0.6 is 23.2 Å². The van der Waals surface area contributed by atoms with Crippen molar-refractivity contribution in [2.24, 2.45) is 0 Å². The van der Waals surface area contributed by atoms with Crippen LogP contribution in [0.5, 0.6) is 0 Å². The topological polar surface area (TPSA) is 69.7 Å². The molecule has 0 radical (unpaired) electrons. The summed E-state index contributed by atoms with van der Waals surface area (Å²) < 4.78 is 0. The number of hydrogen-bond donors (Lipinski definition) is 1. The zero-order chi connectivity index (χ0) is 26.6. The molecule has 3 aromatic rings. The quantitative estimate of drug-likeness (QED) is 0.367. The minimum Gasteiger partial charge on any atom is -0.325 e. The first-order valence-electron chi connectivity index (χ1n) is 11.5. The number of hydrogen-bond acceptors (Lipinski definition) is 3. The van der Waals surface area contributed by atoms with Gasteiger partial charge in [0, 0.05) is 35.2 Å². The van der Waals surface area contributed by atoms with E-state index in [2.05, 4.69) is 5.32 Å². The molecule has 0 atom stereocenters. The van der Waals surface area contributed by atoms with Crippen molar-refractivity contribution >= 4 is 46.6 Å². The number of rotatable bonds is 5. The fraction of sp³-hybridized carbons (Fsp3) is 0.250. The van der Waals surface area contributed by atoms with Crippen LogP contribution in [0.4, 0.5) is 5.69 Å². The molecule has 3 aromatic carbocycles. The Kier molecular flexibility index (Phi) is 8.43. The van der Waals surface area contributed by atoms with Crippen LogP contribution in [0, 0.1) is 0 Å². The van der Waals surface area contributed by atoms with Gasteiger partial charge < -0.3 is 5.32 Å². The van der Waals surface area contributed by atoms with Crippen molar-refractivity contribution in [1.82, 2.24) is 10.0 Å². The summed E-state index contributed by atoms with van der Waals surface area (Å²) in [5, 5.41) is 6.26. The standard InChI is InChI=1S/C28H29Cl2N3O3/c1-6-32(27(36)22-13-8-7-11-20(22)21-12-9-10-14-23(21)29)33(28(3,4)5)26(35)19-15-16-25(24(30)17-19)31-18(2)34/h7-17H,6H2,1-5H3,(H,31,34). The molecule has 0 aliphatic rings. The molecule has 0 aliphatic heterocycles. The lowest BCUT2D eigenvalue weighted by molar-refractivity contribution is -0.114. The van der Waals surface area contributed by atoms with Gasteiger partial charge in [-0.05, 0) is 63.6 Å². The van der Waals surface area contributed by atoms with E-state index in [0.717, 1.165) is 5.56 Å². The molecule has 0 aliphatic carbocycles.